The number of hydrogen-bond donors (Lipinski definition) is 0. The summed E-state index contributed by atoms with van der Waals surface area (Å²) in [5.41, 5.74) is 1.64. The molecule has 0 radical (unpaired) electrons. The molecule has 0 amide bonds. The topological polar surface area (TPSA) is 26.3 Å². The minimum Gasteiger partial charge on any atom is -0.413 e. The van der Waals surface area contributed by atoms with Gasteiger partial charge in [-0.05, 0) is 45.7 Å². The molecule has 0 aliphatic carbocycles. The van der Waals surface area contributed by atoms with Gasteiger partial charge in [0.2, 0.25) is 0 Å². The zero-order valence-corrected chi connectivity index (χ0v) is 16.2. The maximum atomic E-state index is 11.1. The van der Waals surface area contributed by atoms with Gasteiger partial charge in [0.25, 0.3) is 0 Å². The largest absolute Gasteiger partial charge is 0.413 e. The molecule has 0 fully saturated rings. The highest BCUT2D eigenvalue weighted by Gasteiger charge is 2.37. The number of benzene rings is 1. The van der Waals surface area contributed by atoms with Crippen LogP contribution >= 0.6 is 31.9 Å². The Bertz CT molecular complexity index is 479. The molecule has 0 spiro atoms. The zero-order valence-electron chi connectivity index (χ0n) is 12.0. The summed E-state index contributed by atoms with van der Waals surface area (Å²) in [6.45, 7) is 11.6. The van der Waals surface area contributed by atoms with Crippen LogP contribution in [0.1, 0.15) is 36.7 Å². The molecule has 0 N–H and O–H groups in total. The maximum absolute atomic E-state index is 11.1. The fourth-order valence-corrected chi connectivity index (χ4v) is 3.50. The van der Waals surface area contributed by atoms with Gasteiger partial charge >= 0.3 is 0 Å². The second kappa shape index (κ2) is 6.20. The van der Waals surface area contributed by atoms with Crippen LogP contribution in [0.3, 0.4) is 0 Å². The molecule has 0 bridgehead atoms. The predicted octanol–water partition coefficient (Wildman–Crippen LogP) is 5.55. The third-order valence-electron chi connectivity index (χ3n) is 3.72. The number of halogens is 2. The fourth-order valence-electron chi connectivity index (χ4n) is 1.31. The quantitative estimate of drug-likeness (QED) is 0.483. The van der Waals surface area contributed by atoms with Gasteiger partial charge in [-0.15, -0.1) is 0 Å². The third-order valence-corrected chi connectivity index (χ3v) is 9.83. The Labute approximate surface area is 133 Å². The first-order chi connectivity index (χ1) is 8.60. The van der Waals surface area contributed by atoms with Gasteiger partial charge in [0.1, 0.15) is 0 Å². The van der Waals surface area contributed by atoms with Crippen molar-refractivity contribution >= 4 is 46.5 Å². The average molecular weight is 408 g/mol. The molecule has 0 aromatic heterocycles. The van der Waals surface area contributed by atoms with Crippen LogP contribution in [0.15, 0.2) is 21.1 Å². The van der Waals surface area contributed by atoms with Crippen molar-refractivity contribution < 1.29 is 9.22 Å². The van der Waals surface area contributed by atoms with Gasteiger partial charge in [0.15, 0.2) is 14.6 Å². The summed E-state index contributed by atoms with van der Waals surface area (Å²) in [5, 5.41) is 0.183. The Morgan fingerprint density at radius 1 is 1.26 bits per heavy atom. The van der Waals surface area contributed by atoms with Crippen molar-refractivity contribution in [3.63, 3.8) is 0 Å². The smallest absolute Gasteiger partial charge is 0.192 e. The van der Waals surface area contributed by atoms with E-state index in [9.17, 15) is 4.79 Å². The Kier molecular flexibility index (Phi) is 5.58. The molecule has 0 atom stereocenters. The first kappa shape index (κ1) is 17.1. The molecule has 0 saturated heterocycles. The van der Waals surface area contributed by atoms with Gasteiger partial charge in [-0.1, -0.05) is 42.8 Å². The lowest BCUT2D eigenvalue weighted by Gasteiger charge is -2.36. The van der Waals surface area contributed by atoms with E-state index in [0.717, 1.165) is 20.8 Å². The van der Waals surface area contributed by atoms with Crippen molar-refractivity contribution in [2.24, 2.45) is 0 Å². The van der Waals surface area contributed by atoms with Crippen LogP contribution in [0.4, 0.5) is 0 Å². The monoisotopic (exact) mass is 406 g/mol. The summed E-state index contributed by atoms with van der Waals surface area (Å²) in [7, 11) is -1.77. The van der Waals surface area contributed by atoms with E-state index in [1.165, 1.54) is 0 Å². The van der Waals surface area contributed by atoms with Gasteiger partial charge in [-0.2, -0.15) is 0 Å². The summed E-state index contributed by atoms with van der Waals surface area (Å²) in [6, 6.07) is 3.87. The van der Waals surface area contributed by atoms with Crippen LogP contribution in [0, 0.1) is 0 Å². The Balaban J connectivity index is 2.94. The van der Waals surface area contributed by atoms with Crippen LogP contribution in [0.5, 0.6) is 0 Å². The number of rotatable bonds is 4. The van der Waals surface area contributed by atoms with Crippen molar-refractivity contribution in [1.29, 1.82) is 0 Å². The minimum absolute atomic E-state index is 0.183. The Morgan fingerprint density at radius 3 is 2.32 bits per heavy atom. The van der Waals surface area contributed by atoms with Gasteiger partial charge in [0, 0.05) is 14.5 Å². The fraction of sp³-hybridized carbons (Fsp3) is 0.500. The van der Waals surface area contributed by atoms with E-state index in [-0.39, 0.29) is 5.04 Å². The summed E-state index contributed by atoms with van der Waals surface area (Å²) in [4.78, 5) is 11.1. The molecular formula is C14H20Br2O2Si. The lowest BCUT2D eigenvalue weighted by molar-refractivity contribution is 0.112. The van der Waals surface area contributed by atoms with E-state index in [4.69, 9.17) is 4.43 Å². The molecule has 2 nitrogen and oxygen atoms in total. The molecule has 1 aromatic carbocycles. The maximum Gasteiger partial charge on any atom is 0.192 e. The SMILES string of the molecule is CC(C)(C)[Si](C)(C)OCc1ccc(Br)c(C=O)c1Br. The molecule has 0 heterocycles. The van der Waals surface area contributed by atoms with E-state index in [1.54, 1.807) is 0 Å². The average Bonchev–Trinajstić information content (AvgIpc) is 2.27. The number of aldehydes is 1. The Hall–Kier alpha value is 0.0269. The highest BCUT2D eigenvalue weighted by Crippen LogP contribution is 2.38. The lowest BCUT2D eigenvalue weighted by atomic mass is 10.1. The third kappa shape index (κ3) is 4.00. The molecule has 5 heteroatoms. The molecular weight excluding hydrogens is 388 g/mol. The van der Waals surface area contributed by atoms with Gasteiger partial charge in [-0.25, -0.2) is 0 Å². The summed E-state index contributed by atoms with van der Waals surface area (Å²) >= 11 is 6.86. The first-order valence-corrected chi connectivity index (χ1v) is 10.7. The molecule has 0 saturated carbocycles. The van der Waals surface area contributed by atoms with Gasteiger partial charge in [0.05, 0.1) is 6.61 Å². The second-order valence-corrected chi connectivity index (χ2v) is 12.6. The van der Waals surface area contributed by atoms with Crippen molar-refractivity contribution in [3.8, 4) is 0 Å². The molecule has 0 aliphatic rings. The highest BCUT2D eigenvalue weighted by molar-refractivity contribution is 9.11. The first-order valence-electron chi connectivity index (χ1n) is 6.16. The van der Waals surface area contributed by atoms with Crippen molar-refractivity contribution in [1.82, 2.24) is 0 Å². The van der Waals surface area contributed by atoms with Crippen molar-refractivity contribution in [2.45, 2.75) is 45.5 Å². The minimum atomic E-state index is -1.77. The second-order valence-electron chi connectivity index (χ2n) is 6.10. The van der Waals surface area contributed by atoms with E-state index >= 15 is 0 Å². The predicted molar refractivity (Wildman–Crippen MR) is 89.2 cm³/mol. The van der Waals surface area contributed by atoms with Crippen molar-refractivity contribution in [3.05, 3.63) is 32.2 Å². The molecule has 1 aromatic rings. The molecule has 19 heavy (non-hydrogen) atoms. The van der Waals surface area contributed by atoms with E-state index in [2.05, 4.69) is 65.7 Å². The molecule has 0 unspecified atom stereocenters. The lowest BCUT2D eigenvalue weighted by Crippen LogP contribution is -2.40. The zero-order chi connectivity index (χ0) is 14.8. The van der Waals surface area contributed by atoms with E-state index in [0.29, 0.717) is 12.2 Å². The van der Waals surface area contributed by atoms with Gasteiger partial charge in [-0.3, -0.25) is 4.79 Å². The standard InChI is InChI=1S/C14H20Br2O2Si/c1-14(2,3)19(4,5)18-9-10-6-7-12(15)11(8-17)13(10)16/h6-8H,9H2,1-5H3. The summed E-state index contributed by atoms with van der Waals surface area (Å²) < 4.78 is 7.79. The van der Waals surface area contributed by atoms with E-state index in [1.807, 2.05) is 12.1 Å². The van der Waals surface area contributed by atoms with Crippen LogP contribution in [-0.4, -0.2) is 14.6 Å². The number of hydrogen-bond acceptors (Lipinski definition) is 2. The van der Waals surface area contributed by atoms with E-state index < -0.39 is 8.32 Å². The molecule has 1 rings (SSSR count). The summed E-state index contributed by atoms with van der Waals surface area (Å²) in [6.07, 6.45) is 0.851. The van der Waals surface area contributed by atoms with Crippen LogP contribution < -0.4 is 0 Å². The number of carbonyl (C=O) groups excluding carboxylic acids is 1. The molecule has 0 aliphatic heterocycles. The van der Waals surface area contributed by atoms with Gasteiger partial charge < -0.3 is 4.43 Å². The Morgan fingerprint density at radius 2 is 1.84 bits per heavy atom. The number of carbonyl (C=O) groups is 1. The highest BCUT2D eigenvalue weighted by atomic mass is 79.9. The molecule has 106 valence electrons. The van der Waals surface area contributed by atoms with Crippen LogP contribution in [0.2, 0.25) is 18.1 Å². The summed E-state index contributed by atoms with van der Waals surface area (Å²) in [5.74, 6) is 0. The normalized spacial score (nSPS) is 12.6. The van der Waals surface area contributed by atoms with Crippen molar-refractivity contribution in [2.75, 3.05) is 0 Å². The van der Waals surface area contributed by atoms with Crippen LogP contribution in [0.25, 0.3) is 0 Å². The van der Waals surface area contributed by atoms with Crippen LogP contribution in [-0.2, 0) is 11.0 Å².